The van der Waals surface area contributed by atoms with Gasteiger partial charge in [0.05, 0.1) is 0 Å². The number of carbonyl (C=O) groups is 1. The zero-order chi connectivity index (χ0) is 15.2. The summed E-state index contributed by atoms with van der Waals surface area (Å²) in [6, 6.07) is 5.89. The van der Waals surface area contributed by atoms with Gasteiger partial charge in [-0.1, -0.05) is 25.1 Å². The number of aliphatic hydroxyl groups is 1. The Kier molecular flexibility index (Phi) is 6.02. The number of hydrogen-bond donors (Lipinski definition) is 2. The van der Waals surface area contributed by atoms with Gasteiger partial charge in [-0.25, -0.2) is 0 Å². The molecule has 1 amide bonds. The lowest BCUT2D eigenvalue weighted by Crippen LogP contribution is -2.47. The van der Waals surface area contributed by atoms with Gasteiger partial charge in [0.2, 0.25) is 0 Å². The first-order valence-electron chi connectivity index (χ1n) is 7.02. The fourth-order valence-electron chi connectivity index (χ4n) is 2.11. The van der Waals surface area contributed by atoms with E-state index in [4.69, 9.17) is 9.84 Å². The van der Waals surface area contributed by atoms with Crippen LogP contribution >= 0.6 is 0 Å². The Morgan fingerprint density at radius 2 is 1.95 bits per heavy atom. The fourth-order valence-corrected chi connectivity index (χ4v) is 2.11. The molecule has 0 aliphatic carbocycles. The summed E-state index contributed by atoms with van der Waals surface area (Å²) >= 11 is 0. The Morgan fingerprint density at radius 3 is 2.45 bits per heavy atom. The lowest BCUT2D eigenvalue weighted by atomic mass is 9.95. The lowest BCUT2D eigenvalue weighted by Gasteiger charge is -2.29. The van der Waals surface area contributed by atoms with E-state index in [2.05, 4.69) is 5.32 Å². The number of aliphatic hydroxyl groups excluding tert-OH is 1. The summed E-state index contributed by atoms with van der Waals surface area (Å²) in [6.45, 7) is 7.89. The molecule has 1 aromatic carbocycles. The lowest BCUT2D eigenvalue weighted by molar-refractivity contribution is -0.125. The van der Waals surface area contributed by atoms with Crippen molar-refractivity contribution in [2.75, 3.05) is 13.2 Å². The van der Waals surface area contributed by atoms with Crippen LogP contribution in [-0.4, -0.2) is 29.8 Å². The number of hydrogen-bond acceptors (Lipinski definition) is 3. The molecular formula is C16H25NO3. The van der Waals surface area contributed by atoms with Crippen molar-refractivity contribution in [3.05, 3.63) is 29.3 Å². The van der Waals surface area contributed by atoms with E-state index >= 15 is 0 Å². The molecule has 4 nitrogen and oxygen atoms in total. The second-order valence-corrected chi connectivity index (χ2v) is 5.45. The van der Waals surface area contributed by atoms with Gasteiger partial charge in [-0.2, -0.15) is 0 Å². The number of nitrogens with one attached hydrogen (secondary N) is 1. The van der Waals surface area contributed by atoms with Gasteiger partial charge in [-0.05, 0) is 44.7 Å². The Labute approximate surface area is 121 Å². The van der Waals surface area contributed by atoms with Gasteiger partial charge in [0.15, 0.2) is 6.61 Å². The minimum atomic E-state index is -0.379. The Bertz CT molecular complexity index is 439. The largest absolute Gasteiger partial charge is 0.483 e. The first kappa shape index (κ1) is 16.5. The van der Waals surface area contributed by atoms with Crippen molar-refractivity contribution >= 4 is 5.91 Å². The molecule has 0 spiro atoms. The highest BCUT2D eigenvalue weighted by atomic mass is 16.5. The quantitative estimate of drug-likeness (QED) is 0.805. The molecule has 0 saturated heterocycles. The molecule has 1 atom stereocenters. The van der Waals surface area contributed by atoms with Gasteiger partial charge in [-0.15, -0.1) is 0 Å². The summed E-state index contributed by atoms with van der Waals surface area (Å²) < 4.78 is 5.62. The minimum Gasteiger partial charge on any atom is -0.483 e. The number of ether oxygens (including phenoxy) is 1. The topological polar surface area (TPSA) is 58.6 Å². The fraction of sp³-hybridized carbons (Fsp3) is 0.562. The predicted octanol–water partition coefficient (Wildman–Crippen LogP) is 2.35. The molecular weight excluding hydrogens is 254 g/mol. The highest BCUT2D eigenvalue weighted by Crippen LogP contribution is 2.22. The summed E-state index contributed by atoms with van der Waals surface area (Å²) in [5.74, 6) is 0.605. The van der Waals surface area contributed by atoms with Crippen LogP contribution in [0.4, 0.5) is 0 Å². The number of rotatable bonds is 7. The highest BCUT2D eigenvalue weighted by molar-refractivity contribution is 5.78. The second kappa shape index (κ2) is 7.29. The third-order valence-corrected chi connectivity index (χ3v) is 3.64. The maximum absolute atomic E-state index is 12.0. The Balaban J connectivity index is 2.59. The van der Waals surface area contributed by atoms with Gasteiger partial charge < -0.3 is 15.2 Å². The molecule has 1 unspecified atom stereocenters. The third-order valence-electron chi connectivity index (χ3n) is 3.64. The van der Waals surface area contributed by atoms with Crippen LogP contribution in [0.25, 0.3) is 0 Å². The van der Waals surface area contributed by atoms with E-state index < -0.39 is 0 Å². The van der Waals surface area contributed by atoms with Crippen molar-refractivity contribution in [1.82, 2.24) is 5.32 Å². The monoisotopic (exact) mass is 279 g/mol. The summed E-state index contributed by atoms with van der Waals surface area (Å²) in [4.78, 5) is 12.0. The summed E-state index contributed by atoms with van der Waals surface area (Å²) in [5.41, 5.74) is 1.66. The molecule has 0 radical (unpaired) electrons. The van der Waals surface area contributed by atoms with Crippen molar-refractivity contribution in [1.29, 1.82) is 0 Å². The molecule has 0 saturated carbocycles. The first-order valence-corrected chi connectivity index (χ1v) is 7.02. The van der Waals surface area contributed by atoms with E-state index in [-0.39, 0.29) is 24.7 Å². The average Bonchev–Trinajstić information content (AvgIpc) is 2.38. The molecule has 4 heteroatoms. The van der Waals surface area contributed by atoms with E-state index in [1.807, 2.05) is 45.9 Å². The zero-order valence-electron chi connectivity index (χ0n) is 12.8. The maximum Gasteiger partial charge on any atom is 0.258 e. The first-order chi connectivity index (χ1) is 9.41. The van der Waals surface area contributed by atoms with E-state index in [0.717, 1.165) is 23.3 Å². The van der Waals surface area contributed by atoms with Gasteiger partial charge in [0.25, 0.3) is 5.91 Å². The van der Waals surface area contributed by atoms with Crippen LogP contribution in [-0.2, 0) is 4.79 Å². The second-order valence-electron chi connectivity index (χ2n) is 5.45. The van der Waals surface area contributed by atoms with Crippen LogP contribution in [0.3, 0.4) is 0 Å². The molecule has 112 valence electrons. The van der Waals surface area contributed by atoms with E-state index in [9.17, 15) is 4.79 Å². The predicted molar refractivity (Wildman–Crippen MR) is 80.0 cm³/mol. The molecule has 0 aromatic heterocycles. The zero-order valence-corrected chi connectivity index (χ0v) is 12.8. The van der Waals surface area contributed by atoms with Crippen molar-refractivity contribution in [3.63, 3.8) is 0 Å². The Morgan fingerprint density at radius 1 is 1.35 bits per heavy atom. The molecule has 1 aromatic rings. The maximum atomic E-state index is 12.0. The summed E-state index contributed by atoms with van der Waals surface area (Å²) in [5, 5.41) is 12.0. The van der Waals surface area contributed by atoms with Crippen molar-refractivity contribution < 1.29 is 14.6 Å². The van der Waals surface area contributed by atoms with Crippen LogP contribution in [0, 0.1) is 13.8 Å². The standard InChI is InChI=1S/C16H25NO3/c1-5-16(4,9-10-18)17-14(19)11-20-15-12(2)7-6-8-13(15)3/h6-8,18H,5,9-11H2,1-4H3,(H,17,19). The average molecular weight is 279 g/mol. The highest BCUT2D eigenvalue weighted by Gasteiger charge is 2.23. The molecule has 0 bridgehead atoms. The number of benzene rings is 1. The SMILES string of the molecule is CCC(C)(CCO)NC(=O)COc1c(C)cccc1C. The minimum absolute atomic E-state index is 0.00723. The normalized spacial score (nSPS) is 13.7. The van der Waals surface area contributed by atoms with Crippen molar-refractivity contribution in [2.24, 2.45) is 0 Å². The van der Waals surface area contributed by atoms with Gasteiger partial charge in [0.1, 0.15) is 5.75 Å². The molecule has 0 aliphatic rings. The van der Waals surface area contributed by atoms with Gasteiger partial charge in [-0.3, -0.25) is 4.79 Å². The van der Waals surface area contributed by atoms with Gasteiger partial charge >= 0.3 is 0 Å². The van der Waals surface area contributed by atoms with Crippen LogP contribution in [0.15, 0.2) is 18.2 Å². The van der Waals surface area contributed by atoms with Gasteiger partial charge in [0, 0.05) is 12.1 Å². The van der Waals surface area contributed by atoms with Crippen molar-refractivity contribution in [3.8, 4) is 5.75 Å². The number of para-hydroxylation sites is 1. The molecule has 0 heterocycles. The number of aryl methyl sites for hydroxylation is 2. The summed E-state index contributed by atoms with van der Waals surface area (Å²) in [7, 11) is 0. The smallest absolute Gasteiger partial charge is 0.258 e. The van der Waals surface area contributed by atoms with Crippen LogP contribution in [0.2, 0.25) is 0 Å². The van der Waals surface area contributed by atoms with Crippen LogP contribution in [0.5, 0.6) is 5.75 Å². The van der Waals surface area contributed by atoms with E-state index in [1.165, 1.54) is 0 Å². The number of amides is 1. The van der Waals surface area contributed by atoms with E-state index in [1.54, 1.807) is 0 Å². The molecule has 1 rings (SSSR count). The Hall–Kier alpha value is -1.55. The summed E-state index contributed by atoms with van der Waals surface area (Å²) in [6.07, 6.45) is 1.31. The van der Waals surface area contributed by atoms with Crippen LogP contribution in [0.1, 0.15) is 37.8 Å². The molecule has 2 N–H and O–H groups in total. The molecule has 0 aliphatic heterocycles. The third kappa shape index (κ3) is 4.53. The number of carbonyl (C=O) groups excluding carboxylic acids is 1. The van der Waals surface area contributed by atoms with Crippen molar-refractivity contribution in [2.45, 2.75) is 46.1 Å². The van der Waals surface area contributed by atoms with Crippen LogP contribution < -0.4 is 10.1 Å². The van der Waals surface area contributed by atoms with E-state index in [0.29, 0.717) is 6.42 Å². The molecule has 0 fully saturated rings. The molecule has 20 heavy (non-hydrogen) atoms.